The molecule has 0 spiro atoms. The summed E-state index contributed by atoms with van der Waals surface area (Å²) in [5.41, 5.74) is 0.980. The summed E-state index contributed by atoms with van der Waals surface area (Å²) in [6.07, 6.45) is 7.29. The fourth-order valence-electron chi connectivity index (χ4n) is 0.831. The Kier molecular flexibility index (Phi) is 4.81. The number of hydrogen-bond acceptors (Lipinski definition) is 2. The van der Waals surface area contributed by atoms with E-state index in [4.69, 9.17) is 11.3 Å². The molecule has 72 valence electrons. The Morgan fingerprint density at radius 3 is 3.00 bits per heavy atom. The molecular formula is C11H10BrNO. The molecule has 14 heavy (non-hydrogen) atoms. The summed E-state index contributed by atoms with van der Waals surface area (Å²) in [5, 5.41) is 3.79. The molecule has 0 bridgehead atoms. The van der Waals surface area contributed by atoms with E-state index in [2.05, 4.69) is 27.0 Å². The SMILES string of the molecule is C#CCCON=Cc1ccccc1Br. The van der Waals surface area contributed by atoms with E-state index in [0.29, 0.717) is 13.0 Å². The Morgan fingerprint density at radius 1 is 1.50 bits per heavy atom. The van der Waals surface area contributed by atoms with Gasteiger partial charge in [-0.1, -0.05) is 39.3 Å². The van der Waals surface area contributed by atoms with Crippen LogP contribution in [0.15, 0.2) is 33.9 Å². The highest BCUT2D eigenvalue weighted by Crippen LogP contribution is 2.13. The van der Waals surface area contributed by atoms with Gasteiger partial charge in [0.2, 0.25) is 0 Å². The largest absolute Gasteiger partial charge is 0.395 e. The highest BCUT2D eigenvalue weighted by Gasteiger charge is 1.92. The zero-order valence-electron chi connectivity index (χ0n) is 7.61. The maximum Gasteiger partial charge on any atom is 0.128 e. The molecule has 3 heteroatoms. The quantitative estimate of drug-likeness (QED) is 0.349. The summed E-state index contributed by atoms with van der Waals surface area (Å²) < 4.78 is 0.990. The second kappa shape index (κ2) is 6.22. The van der Waals surface area contributed by atoms with E-state index in [1.54, 1.807) is 6.21 Å². The van der Waals surface area contributed by atoms with Gasteiger partial charge in [0.05, 0.1) is 6.21 Å². The Balaban J connectivity index is 2.45. The number of benzene rings is 1. The molecule has 1 aromatic carbocycles. The molecule has 0 aliphatic rings. The minimum absolute atomic E-state index is 0.456. The van der Waals surface area contributed by atoms with Gasteiger partial charge < -0.3 is 4.84 Å². The molecule has 0 atom stereocenters. The van der Waals surface area contributed by atoms with E-state index in [1.165, 1.54) is 0 Å². The van der Waals surface area contributed by atoms with Crippen molar-refractivity contribution in [3.05, 3.63) is 34.3 Å². The highest BCUT2D eigenvalue weighted by molar-refractivity contribution is 9.10. The lowest BCUT2D eigenvalue weighted by atomic mass is 10.2. The third-order valence-electron chi connectivity index (χ3n) is 1.51. The molecule has 0 saturated carbocycles. The second-order valence-corrected chi connectivity index (χ2v) is 3.40. The molecule has 0 aromatic heterocycles. The first-order valence-electron chi connectivity index (χ1n) is 4.18. The van der Waals surface area contributed by atoms with Crippen LogP contribution >= 0.6 is 15.9 Å². The van der Waals surface area contributed by atoms with Crippen LogP contribution in [-0.2, 0) is 4.84 Å². The van der Waals surface area contributed by atoms with Crippen LogP contribution in [-0.4, -0.2) is 12.8 Å². The van der Waals surface area contributed by atoms with E-state index in [-0.39, 0.29) is 0 Å². The molecule has 0 heterocycles. The summed E-state index contributed by atoms with van der Waals surface area (Å²) in [6, 6.07) is 7.77. The average molecular weight is 252 g/mol. The predicted octanol–water partition coefficient (Wildman–Crippen LogP) is 2.82. The number of hydrogen-bond donors (Lipinski definition) is 0. The van der Waals surface area contributed by atoms with Crippen molar-refractivity contribution in [2.45, 2.75) is 6.42 Å². The van der Waals surface area contributed by atoms with Crippen LogP contribution in [0.25, 0.3) is 0 Å². The lowest BCUT2D eigenvalue weighted by molar-refractivity contribution is 0.152. The van der Waals surface area contributed by atoms with Gasteiger partial charge >= 0.3 is 0 Å². The fourth-order valence-corrected chi connectivity index (χ4v) is 1.22. The van der Waals surface area contributed by atoms with Crippen molar-refractivity contribution in [2.75, 3.05) is 6.61 Å². The van der Waals surface area contributed by atoms with Crippen LogP contribution in [0, 0.1) is 12.3 Å². The first kappa shape index (κ1) is 10.8. The van der Waals surface area contributed by atoms with Crippen LogP contribution in [0.2, 0.25) is 0 Å². The van der Waals surface area contributed by atoms with Crippen LogP contribution in [0.3, 0.4) is 0 Å². The van der Waals surface area contributed by atoms with Crippen molar-refractivity contribution in [3.63, 3.8) is 0 Å². The maximum atomic E-state index is 5.06. The summed E-state index contributed by atoms with van der Waals surface area (Å²) in [5.74, 6) is 2.47. The van der Waals surface area contributed by atoms with Gasteiger partial charge in [0.25, 0.3) is 0 Å². The normalized spacial score (nSPS) is 10.0. The number of nitrogens with zero attached hydrogens (tertiary/aromatic N) is 1. The van der Waals surface area contributed by atoms with Crippen molar-refractivity contribution >= 4 is 22.1 Å². The monoisotopic (exact) mass is 251 g/mol. The molecule has 0 aliphatic carbocycles. The Hall–Kier alpha value is -1.27. The molecule has 2 nitrogen and oxygen atoms in total. The van der Waals surface area contributed by atoms with Gasteiger partial charge in [-0.3, -0.25) is 0 Å². The lowest BCUT2D eigenvalue weighted by Gasteiger charge is -1.96. The third-order valence-corrected chi connectivity index (χ3v) is 2.23. The Morgan fingerprint density at radius 2 is 2.29 bits per heavy atom. The van der Waals surface area contributed by atoms with Gasteiger partial charge in [0.1, 0.15) is 6.61 Å². The van der Waals surface area contributed by atoms with Crippen molar-refractivity contribution in [2.24, 2.45) is 5.16 Å². The summed E-state index contributed by atoms with van der Waals surface area (Å²) in [7, 11) is 0. The number of halogens is 1. The van der Waals surface area contributed by atoms with Crippen molar-refractivity contribution < 1.29 is 4.84 Å². The molecular weight excluding hydrogens is 242 g/mol. The number of rotatable bonds is 4. The second-order valence-electron chi connectivity index (χ2n) is 2.54. The number of oxime groups is 1. The Bertz CT molecular complexity index is 355. The molecule has 0 aliphatic heterocycles. The van der Waals surface area contributed by atoms with Gasteiger partial charge in [-0.2, -0.15) is 0 Å². The van der Waals surface area contributed by atoms with Crippen LogP contribution in [0.5, 0.6) is 0 Å². The minimum Gasteiger partial charge on any atom is -0.395 e. The molecule has 0 radical (unpaired) electrons. The van der Waals surface area contributed by atoms with Crippen LogP contribution in [0.1, 0.15) is 12.0 Å². The zero-order valence-corrected chi connectivity index (χ0v) is 9.20. The van der Waals surface area contributed by atoms with Gasteiger partial charge in [-0.15, -0.1) is 12.3 Å². The maximum absolute atomic E-state index is 5.06. The van der Waals surface area contributed by atoms with Gasteiger partial charge in [-0.25, -0.2) is 0 Å². The van der Waals surface area contributed by atoms with Crippen molar-refractivity contribution in [3.8, 4) is 12.3 Å². The van der Waals surface area contributed by atoms with Gasteiger partial charge in [0.15, 0.2) is 0 Å². The van der Waals surface area contributed by atoms with Gasteiger partial charge in [-0.05, 0) is 6.07 Å². The van der Waals surface area contributed by atoms with E-state index < -0.39 is 0 Å². The summed E-state index contributed by atoms with van der Waals surface area (Å²) in [4.78, 5) is 4.94. The van der Waals surface area contributed by atoms with Gasteiger partial charge in [0, 0.05) is 16.5 Å². The predicted molar refractivity (Wildman–Crippen MR) is 61.1 cm³/mol. The molecule has 0 amide bonds. The molecule has 1 rings (SSSR count). The topological polar surface area (TPSA) is 21.6 Å². The molecule has 1 aromatic rings. The van der Waals surface area contributed by atoms with Crippen molar-refractivity contribution in [1.29, 1.82) is 0 Å². The van der Waals surface area contributed by atoms with E-state index in [1.807, 2.05) is 24.3 Å². The van der Waals surface area contributed by atoms with Crippen LogP contribution in [0.4, 0.5) is 0 Å². The molecule has 0 saturated heterocycles. The van der Waals surface area contributed by atoms with E-state index in [9.17, 15) is 0 Å². The molecule has 0 fully saturated rings. The first-order chi connectivity index (χ1) is 6.84. The smallest absolute Gasteiger partial charge is 0.128 e. The standard InChI is InChI=1S/C11H10BrNO/c1-2-3-8-14-13-9-10-6-4-5-7-11(10)12/h1,4-7,9H,3,8H2. The van der Waals surface area contributed by atoms with E-state index >= 15 is 0 Å². The van der Waals surface area contributed by atoms with E-state index in [0.717, 1.165) is 10.0 Å². The molecule has 0 unspecified atom stereocenters. The number of terminal acetylenes is 1. The minimum atomic E-state index is 0.456. The lowest BCUT2D eigenvalue weighted by Crippen LogP contribution is -1.88. The fraction of sp³-hybridized carbons (Fsp3) is 0.182. The first-order valence-corrected chi connectivity index (χ1v) is 4.97. The highest BCUT2D eigenvalue weighted by atomic mass is 79.9. The average Bonchev–Trinajstić information content (AvgIpc) is 2.20. The molecule has 0 N–H and O–H groups in total. The third kappa shape index (κ3) is 3.63. The van der Waals surface area contributed by atoms with Crippen LogP contribution < -0.4 is 0 Å². The Labute approximate surface area is 92.1 Å². The zero-order chi connectivity index (χ0) is 10.2. The van der Waals surface area contributed by atoms with Crippen molar-refractivity contribution in [1.82, 2.24) is 0 Å². The summed E-state index contributed by atoms with van der Waals surface area (Å²) in [6.45, 7) is 0.456. The summed E-state index contributed by atoms with van der Waals surface area (Å²) >= 11 is 3.40.